The van der Waals surface area contributed by atoms with Crippen molar-refractivity contribution in [3.8, 4) is 0 Å². The van der Waals surface area contributed by atoms with Gasteiger partial charge >= 0.3 is 5.97 Å². The van der Waals surface area contributed by atoms with Gasteiger partial charge in [-0.15, -0.1) is 0 Å². The van der Waals surface area contributed by atoms with Gasteiger partial charge in [0.1, 0.15) is 12.7 Å². The van der Waals surface area contributed by atoms with E-state index in [9.17, 15) is 4.79 Å². The first kappa shape index (κ1) is 10.1. The fourth-order valence-corrected chi connectivity index (χ4v) is 0.532. The number of rotatable bonds is 5. The molecule has 0 amide bonds. The third-order valence-corrected chi connectivity index (χ3v) is 1.02. The molecule has 0 heterocycles. The molecule has 0 aromatic heterocycles. The number of nitrogens with one attached hydrogen (secondary N) is 1. The van der Waals surface area contributed by atoms with Crippen LogP contribution in [0.3, 0.4) is 0 Å². The summed E-state index contributed by atoms with van der Waals surface area (Å²) in [6.07, 6.45) is 0.412. The van der Waals surface area contributed by atoms with Gasteiger partial charge in [0.25, 0.3) is 0 Å². The van der Waals surface area contributed by atoms with Crippen LogP contribution in [0.15, 0.2) is 12.7 Å². The number of aliphatic hydroxyl groups excluding tert-OH is 1. The monoisotopic (exact) mass is 159 g/mol. The van der Waals surface area contributed by atoms with Gasteiger partial charge in [-0.2, -0.15) is 0 Å². The van der Waals surface area contributed by atoms with E-state index in [0.717, 1.165) is 6.08 Å². The van der Waals surface area contributed by atoms with Crippen LogP contribution in [0.5, 0.6) is 0 Å². The van der Waals surface area contributed by atoms with Crippen molar-refractivity contribution in [1.29, 1.82) is 0 Å². The van der Waals surface area contributed by atoms with Crippen molar-refractivity contribution in [1.82, 2.24) is 5.32 Å². The topological polar surface area (TPSA) is 58.6 Å². The molecule has 0 aliphatic heterocycles. The Labute approximate surface area is 65.9 Å². The average Bonchev–Trinajstić information content (AvgIpc) is 2.01. The lowest BCUT2D eigenvalue weighted by molar-refractivity contribution is -0.140. The largest absolute Gasteiger partial charge is 0.460 e. The normalized spacial score (nSPS) is 12.2. The number of carbonyl (C=O) groups excluding carboxylic acids is 1. The Morgan fingerprint density at radius 2 is 2.55 bits per heavy atom. The number of aliphatic hydroxyl groups is 1. The van der Waals surface area contributed by atoms with Crippen molar-refractivity contribution >= 4 is 5.97 Å². The molecule has 0 rings (SSSR count). The summed E-state index contributed by atoms with van der Waals surface area (Å²) >= 11 is 0. The highest BCUT2D eigenvalue weighted by Crippen LogP contribution is 1.84. The smallest absolute Gasteiger partial charge is 0.330 e. The SMILES string of the molecule is C=CC(=O)OCC(O)CNC. The van der Waals surface area contributed by atoms with Crippen LogP contribution in [0.1, 0.15) is 0 Å². The van der Waals surface area contributed by atoms with Gasteiger partial charge in [0.15, 0.2) is 0 Å². The first-order valence-corrected chi connectivity index (χ1v) is 3.32. The molecule has 0 aliphatic rings. The summed E-state index contributed by atoms with van der Waals surface area (Å²) in [5.74, 6) is -0.514. The molecule has 1 unspecified atom stereocenters. The molecule has 64 valence electrons. The lowest BCUT2D eigenvalue weighted by Gasteiger charge is -2.08. The van der Waals surface area contributed by atoms with Crippen molar-refractivity contribution in [2.24, 2.45) is 0 Å². The summed E-state index contributed by atoms with van der Waals surface area (Å²) in [7, 11) is 1.71. The van der Waals surface area contributed by atoms with E-state index in [0.29, 0.717) is 6.54 Å². The molecule has 4 nitrogen and oxygen atoms in total. The van der Waals surface area contributed by atoms with E-state index in [1.807, 2.05) is 0 Å². The summed E-state index contributed by atoms with van der Waals surface area (Å²) < 4.78 is 4.56. The van der Waals surface area contributed by atoms with Gasteiger partial charge in [-0.05, 0) is 7.05 Å². The van der Waals surface area contributed by atoms with Crippen LogP contribution in [0.2, 0.25) is 0 Å². The molecule has 2 N–H and O–H groups in total. The van der Waals surface area contributed by atoms with Crippen molar-refractivity contribution in [3.63, 3.8) is 0 Å². The number of hydrogen-bond donors (Lipinski definition) is 2. The predicted molar refractivity (Wildman–Crippen MR) is 41.1 cm³/mol. The quantitative estimate of drug-likeness (QED) is 0.411. The highest BCUT2D eigenvalue weighted by atomic mass is 16.5. The van der Waals surface area contributed by atoms with Gasteiger partial charge in [0.05, 0.1) is 0 Å². The van der Waals surface area contributed by atoms with E-state index in [1.165, 1.54) is 0 Å². The van der Waals surface area contributed by atoms with Gasteiger partial charge in [-0.3, -0.25) is 0 Å². The fourth-order valence-electron chi connectivity index (χ4n) is 0.532. The van der Waals surface area contributed by atoms with E-state index in [1.54, 1.807) is 7.05 Å². The lowest BCUT2D eigenvalue weighted by atomic mass is 10.4. The van der Waals surface area contributed by atoms with Gasteiger partial charge in [-0.25, -0.2) is 4.79 Å². The molecule has 0 aromatic carbocycles. The zero-order chi connectivity index (χ0) is 8.69. The molecule has 0 bridgehead atoms. The van der Waals surface area contributed by atoms with Gasteiger partial charge < -0.3 is 15.2 Å². The van der Waals surface area contributed by atoms with Crippen molar-refractivity contribution in [2.45, 2.75) is 6.10 Å². The zero-order valence-electron chi connectivity index (χ0n) is 6.54. The molecule has 0 saturated carbocycles. The highest BCUT2D eigenvalue weighted by molar-refractivity contribution is 5.81. The van der Waals surface area contributed by atoms with E-state index in [2.05, 4.69) is 16.6 Å². The molecule has 0 spiro atoms. The number of hydrogen-bond acceptors (Lipinski definition) is 4. The second-order valence-corrected chi connectivity index (χ2v) is 2.05. The number of esters is 1. The molecular formula is C7H13NO3. The van der Waals surface area contributed by atoms with E-state index < -0.39 is 12.1 Å². The Morgan fingerprint density at radius 3 is 3.00 bits per heavy atom. The summed E-state index contributed by atoms with van der Waals surface area (Å²) in [5.41, 5.74) is 0. The van der Waals surface area contributed by atoms with E-state index in [-0.39, 0.29) is 6.61 Å². The van der Waals surface area contributed by atoms with Crippen LogP contribution in [0.25, 0.3) is 0 Å². The maximum atomic E-state index is 10.4. The van der Waals surface area contributed by atoms with Crippen LogP contribution in [-0.2, 0) is 9.53 Å². The Kier molecular flexibility index (Phi) is 5.42. The number of carbonyl (C=O) groups is 1. The molecule has 11 heavy (non-hydrogen) atoms. The molecular weight excluding hydrogens is 146 g/mol. The molecule has 0 saturated heterocycles. The minimum Gasteiger partial charge on any atom is -0.460 e. The van der Waals surface area contributed by atoms with Crippen molar-refractivity contribution in [3.05, 3.63) is 12.7 Å². The zero-order valence-corrected chi connectivity index (χ0v) is 6.54. The molecule has 4 heteroatoms. The Bertz CT molecular complexity index is 136. The van der Waals surface area contributed by atoms with Crippen LogP contribution in [0, 0.1) is 0 Å². The van der Waals surface area contributed by atoms with Crippen LogP contribution >= 0.6 is 0 Å². The maximum Gasteiger partial charge on any atom is 0.330 e. The fraction of sp³-hybridized carbons (Fsp3) is 0.571. The Hall–Kier alpha value is -0.870. The van der Waals surface area contributed by atoms with E-state index >= 15 is 0 Å². The molecule has 0 radical (unpaired) electrons. The lowest BCUT2D eigenvalue weighted by Crippen LogP contribution is -2.28. The summed E-state index contributed by atoms with van der Waals surface area (Å²) in [6.45, 7) is 3.63. The maximum absolute atomic E-state index is 10.4. The first-order chi connectivity index (χ1) is 5.20. The van der Waals surface area contributed by atoms with Crippen LogP contribution in [0.4, 0.5) is 0 Å². The molecule has 0 fully saturated rings. The second-order valence-electron chi connectivity index (χ2n) is 2.05. The Balaban J connectivity index is 3.37. The highest BCUT2D eigenvalue weighted by Gasteiger charge is 2.04. The van der Waals surface area contributed by atoms with Crippen LogP contribution in [-0.4, -0.2) is 37.4 Å². The molecule has 0 aromatic rings. The van der Waals surface area contributed by atoms with Crippen LogP contribution < -0.4 is 5.32 Å². The van der Waals surface area contributed by atoms with Gasteiger partial charge in [-0.1, -0.05) is 6.58 Å². The van der Waals surface area contributed by atoms with Gasteiger partial charge in [0, 0.05) is 12.6 Å². The third-order valence-electron chi connectivity index (χ3n) is 1.02. The third kappa shape index (κ3) is 5.57. The van der Waals surface area contributed by atoms with Crippen molar-refractivity contribution < 1.29 is 14.6 Å². The summed E-state index contributed by atoms with van der Waals surface area (Å²) in [5, 5.41) is 11.8. The molecule has 1 atom stereocenters. The predicted octanol–water partition coefficient (Wildman–Crippen LogP) is -0.704. The average molecular weight is 159 g/mol. The number of likely N-dealkylation sites (N-methyl/N-ethyl adjacent to an activating group) is 1. The first-order valence-electron chi connectivity index (χ1n) is 3.32. The summed E-state index contributed by atoms with van der Waals surface area (Å²) in [4.78, 5) is 10.4. The minimum atomic E-state index is -0.649. The summed E-state index contributed by atoms with van der Waals surface area (Å²) in [6, 6.07) is 0. The van der Waals surface area contributed by atoms with Gasteiger partial charge in [0.2, 0.25) is 0 Å². The second kappa shape index (κ2) is 5.88. The minimum absolute atomic E-state index is 0.00565. The van der Waals surface area contributed by atoms with E-state index in [4.69, 9.17) is 5.11 Å². The Morgan fingerprint density at radius 1 is 1.91 bits per heavy atom. The number of ether oxygens (including phenoxy) is 1. The standard InChI is InChI=1S/C7H13NO3/c1-3-7(10)11-5-6(9)4-8-2/h3,6,8-9H,1,4-5H2,2H3. The van der Waals surface area contributed by atoms with Crippen molar-refractivity contribution in [2.75, 3.05) is 20.2 Å². The molecule has 0 aliphatic carbocycles.